The van der Waals surface area contributed by atoms with Gasteiger partial charge in [0.15, 0.2) is 0 Å². The van der Waals surface area contributed by atoms with Crippen LogP contribution < -0.4 is 15.8 Å². The van der Waals surface area contributed by atoms with E-state index >= 15 is 0 Å². The molecule has 4 nitrogen and oxygen atoms in total. The van der Waals surface area contributed by atoms with Crippen LogP contribution in [0, 0.1) is 6.92 Å². The molecule has 0 atom stereocenters. The first-order chi connectivity index (χ1) is 10.5. The Bertz CT molecular complexity index is 690. The molecule has 2 rings (SSSR count). The van der Waals surface area contributed by atoms with Crippen molar-refractivity contribution in [2.24, 2.45) is 5.73 Å². The van der Waals surface area contributed by atoms with E-state index in [2.05, 4.69) is 5.32 Å². The van der Waals surface area contributed by atoms with Crippen molar-refractivity contribution < 1.29 is 9.53 Å². The SMILES string of the molecule is Cc1ccc(NC(=O)c2cc(Cl)ccc2OCCN)c(Cl)c1. The Hall–Kier alpha value is -1.75. The number of carbonyl (C=O) groups excluding carboxylic acids is 1. The molecule has 0 bridgehead atoms. The summed E-state index contributed by atoms with van der Waals surface area (Å²) in [4.78, 5) is 12.4. The number of carbonyl (C=O) groups is 1. The zero-order valence-electron chi connectivity index (χ0n) is 12.0. The number of benzene rings is 2. The first-order valence-electron chi connectivity index (χ1n) is 6.71. The highest BCUT2D eigenvalue weighted by atomic mass is 35.5. The molecule has 0 aliphatic carbocycles. The fraction of sp³-hybridized carbons (Fsp3) is 0.188. The lowest BCUT2D eigenvalue weighted by Crippen LogP contribution is -2.16. The monoisotopic (exact) mass is 338 g/mol. The van der Waals surface area contributed by atoms with Crippen molar-refractivity contribution in [3.63, 3.8) is 0 Å². The standard InChI is InChI=1S/C16H16Cl2N2O2/c1-10-2-4-14(13(18)8-10)20-16(21)12-9-11(17)3-5-15(12)22-7-6-19/h2-5,8-9H,6-7,19H2,1H3,(H,20,21). The van der Waals surface area contributed by atoms with Crippen molar-refractivity contribution in [3.8, 4) is 5.75 Å². The second-order valence-corrected chi connectivity index (χ2v) is 5.56. The molecule has 0 aromatic heterocycles. The predicted molar refractivity (Wildman–Crippen MR) is 90.1 cm³/mol. The van der Waals surface area contributed by atoms with E-state index < -0.39 is 0 Å². The number of amides is 1. The summed E-state index contributed by atoms with van der Waals surface area (Å²) in [5.41, 5.74) is 7.29. The maximum absolute atomic E-state index is 12.4. The van der Waals surface area contributed by atoms with Gasteiger partial charge in [0.1, 0.15) is 12.4 Å². The minimum atomic E-state index is -0.347. The van der Waals surface area contributed by atoms with Gasteiger partial charge in [0.05, 0.1) is 16.3 Å². The van der Waals surface area contributed by atoms with Crippen LogP contribution in [-0.2, 0) is 0 Å². The average molecular weight is 339 g/mol. The van der Waals surface area contributed by atoms with E-state index in [4.69, 9.17) is 33.7 Å². The topological polar surface area (TPSA) is 64.3 Å². The highest BCUT2D eigenvalue weighted by molar-refractivity contribution is 6.34. The maximum Gasteiger partial charge on any atom is 0.259 e. The Kier molecular flexibility index (Phi) is 5.66. The number of halogens is 2. The summed E-state index contributed by atoms with van der Waals surface area (Å²) >= 11 is 12.1. The van der Waals surface area contributed by atoms with Gasteiger partial charge in [0, 0.05) is 11.6 Å². The Morgan fingerprint density at radius 2 is 2.00 bits per heavy atom. The van der Waals surface area contributed by atoms with Crippen LogP contribution in [0.1, 0.15) is 15.9 Å². The number of nitrogens with two attached hydrogens (primary N) is 1. The number of nitrogens with one attached hydrogen (secondary N) is 1. The summed E-state index contributed by atoms with van der Waals surface area (Å²) in [6, 6.07) is 10.2. The largest absolute Gasteiger partial charge is 0.491 e. The van der Waals surface area contributed by atoms with Crippen molar-refractivity contribution in [1.29, 1.82) is 0 Å². The molecule has 0 fully saturated rings. The second-order valence-electron chi connectivity index (χ2n) is 4.72. The molecule has 6 heteroatoms. The van der Waals surface area contributed by atoms with Gasteiger partial charge in [0.25, 0.3) is 5.91 Å². The van der Waals surface area contributed by atoms with E-state index in [1.807, 2.05) is 13.0 Å². The number of aryl methyl sites for hydroxylation is 1. The molecule has 0 spiro atoms. The number of ether oxygens (including phenoxy) is 1. The van der Waals surface area contributed by atoms with Crippen LogP contribution in [0.5, 0.6) is 5.75 Å². The van der Waals surface area contributed by atoms with Crippen LogP contribution in [0.4, 0.5) is 5.69 Å². The zero-order valence-corrected chi connectivity index (χ0v) is 13.5. The predicted octanol–water partition coefficient (Wildman–Crippen LogP) is 3.89. The third-order valence-electron chi connectivity index (χ3n) is 2.93. The first-order valence-corrected chi connectivity index (χ1v) is 7.47. The summed E-state index contributed by atoms with van der Waals surface area (Å²) in [6.45, 7) is 2.59. The molecule has 0 aliphatic rings. The minimum Gasteiger partial charge on any atom is -0.491 e. The summed E-state index contributed by atoms with van der Waals surface area (Å²) in [5, 5.41) is 3.67. The summed E-state index contributed by atoms with van der Waals surface area (Å²) in [6.07, 6.45) is 0. The summed E-state index contributed by atoms with van der Waals surface area (Å²) in [7, 11) is 0. The number of hydrogen-bond acceptors (Lipinski definition) is 3. The molecule has 0 unspecified atom stereocenters. The smallest absolute Gasteiger partial charge is 0.259 e. The Balaban J connectivity index is 2.26. The first kappa shape index (κ1) is 16.6. The molecule has 2 aromatic rings. The lowest BCUT2D eigenvalue weighted by Gasteiger charge is -2.12. The van der Waals surface area contributed by atoms with Gasteiger partial charge in [-0.3, -0.25) is 4.79 Å². The van der Waals surface area contributed by atoms with Crippen molar-refractivity contribution in [3.05, 3.63) is 57.6 Å². The normalized spacial score (nSPS) is 10.4. The van der Waals surface area contributed by atoms with E-state index in [1.165, 1.54) is 0 Å². The molecular weight excluding hydrogens is 323 g/mol. The third kappa shape index (κ3) is 4.13. The van der Waals surface area contributed by atoms with Crippen molar-refractivity contribution in [2.75, 3.05) is 18.5 Å². The second kappa shape index (κ2) is 7.49. The lowest BCUT2D eigenvalue weighted by molar-refractivity contribution is 0.102. The van der Waals surface area contributed by atoms with Crippen LogP contribution in [-0.4, -0.2) is 19.1 Å². The number of rotatable bonds is 5. The average Bonchev–Trinajstić information content (AvgIpc) is 2.48. The highest BCUT2D eigenvalue weighted by Gasteiger charge is 2.15. The zero-order chi connectivity index (χ0) is 16.1. The molecule has 3 N–H and O–H groups in total. The van der Waals surface area contributed by atoms with E-state index in [-0.39, 0.29) is 5.91 Å². The molecule has 2 aromatic carbocycles. The van der Waals surface area contributed by atoms with Crippen LogP contribution in [0.25, 0.3) is 0 Å². The quantitative estimate of drug-likeness (QED) is 0.869. The Labute approximate surface area is 139 Å². The molecule has 116 valence electrons. The van der Waals surface area contributed by atoms with Crippen LogP contribution in [0.15, 0.2) is 36.4 Å². The van der Waals surface area contributed by atoms with Gasteiger partial charge < -0.3 is 15.8 Å². The van der Waals surface area contributed by atoms with E-state index in [9.17, 15) is 4.79 Å². The molecule has 0 saturated heterocycles. The van der Waals surface area contributed by atoms with Gasteiger partial charge in [-0.25, -0.2) is 0 Å². The van der Waals surface area contributed by atoms with E-state index in [0.717, 1.165) is 5.56 Å². The van der Waals surface area contributed by atoms with Gasteiger partial charge in [-0.05, 0) is 42.8 Å². The molecule has 1 amide bonds. The minimum absolute atomic E-state index is 0.313. The summed E-state index contributed by atoms with van der Waals surface area (Å²) in [5.74, 6) is 0.0795. The van der Waals surface area contributed by atoms with Crippen molar-refractivity contribution in [2.45, 2.75) is 6.92 Å². The fourth-order valence-corrected chi connectivity index (χ4v) is 2.34. The highest BCUT2D eigenvalue weighted by Crippen LogP contribution is 2.27. The molecule has 22 heavy (non-hydrogen) atoms. The van der Waals surface area contributed by atoms with Crippen LogP contribution >= 0.6 is 23.2 Å². The van der Waals surface area contributed by atoms with Gasteiger partial charge in [-0.2, -0.15) is 0 Å². The van der Waals surface area contributed by atoms with Gasteiger partial charge in [-0.15, -0.1) is 0 Å². The molecule has 0 saturated carbocycles. The Morgan fingerprint density at radius 1 is 1.23 bits per heavy atom. The van der Waals surface area contributed by atoms with Gasteiger partial charge >= 0.3 is 0 Å². The van der Waals surface area contributed by atoms with Crippen molar-refractivity contribution >= 4 is 34.8 Å². The number of anilines is 1. The molecular formula is C16H16Cl2N2O2. The van der Waals surface area contributed by atoms with Crippen molar-refractivity contribution in [1.82, 2.24) is 0 Å². The fourth-order valence-electron chi connectivity index (χ4n) is 1.89. The van der Waals surface area contributed by atoms with E-state index in [0.29, 0.717) is 40.2 Å². The van der Waals surface area contributed by atoms with Gasteiger partial charge in [-0.1, -0.05) is 29.3 Å². The van der Waals surface area contributed by atoms with Gasteiger partial charge in [0.2, 0.25) is 0 Å². The molecule has 0 radical (unpaired) electrons. The molecule has 0 aliphatic heterocycles. The summed E-state index contributed by atoms with van der Waals surface area (Å²) < 4.78 is 5.47. The van der Waals surface area contributed by atoms with E-state index in [1.54, 1.807) is 30.3 Å². The maximum atomic E-state index is 12.4. The third-order valence-corrected chi connectivity index (χ3v) is 3.48. The Morgan fingerprint density at radius 3 is 2.68 bits per heavy atom. The van der Waals surface area contributed by atoms with Crippen LogP contribution in [0.2, 0.25) is 10.0 Å². The molecule has 0 heterocycles. The number of hydrogen-bond donors (Lipinski definition) is 2. The lowest BCUT2D eigenvalue weighted by atomic mass is 10.1. The van der Waals surface area contributed by atoms with Crippen LogP contribution in [0.3, 0.4) is 0 Å².